The molecule has 0 amide bonds. The Hall–Kier alpha value is -1.55. The number of hydrogen-bond acceptors (Lipinski definition) is 2. The molecule has 0 saturated heterocycles. The summed E-state index contributed by atoms with van der Waals surface area (Å²) < 4.78 is 12.6. The van der Waals surface area contributed by atoms with Gasteiger partial charge in [-0.3, -0.25) is 9.59 Å². The predicted molar refractivity (Wildman–Crippen MR) is 40.8 cm³/mol. The second kappa shape index (κ2) is 4.35. The molecule has 1 rings (SSSR count). The molecule has 0 fully saturated rings. The third-order valence-electron chi connectivity index (χ3n) is 1.29. The van der Waals surface area contributed by atoms with E-state index in [4.69, 9.17) is 0 Å². The van der Waals surface area contributed by atoms with Crippen molar-refractivity contribution in [2.24, 2.45) is 0 Å². The van der Waals surface area contributed by atoms with Crippen LogP contribution in [-0.4, -0.2) is 18.0 Å². The fourth-order valence-corrected chi connectivity index (χ4v) is 0.712. The van der Waals surface area contributed by atoms with Gasteiger partial charge in [0.1, 0.15) is 12.1 Å². The number of halogens is 1. The first-order valence-corrected chi connectivity index (χ1v) is 2.98. The number of hydrogen-bond donors (Lipinski definition) is 0. The van der Waals surface area contributed by atoms with Crippen molar-refractivity contribution < 1.29 is 19.5 Å². The second-order valence-corrected chi connectivity index (χ2v) is 2.02. The lowest BCUT2D eigenvalue weighted by Gasteiger charge is -1.93. The van der Waals surface area contributed by atoms with Crippen molar-refractivity contribution in [3.05, 3.63) is 35.1 Å². The van der Waals surface area contributed by atoms with Crippen LogP contribution in [0.15, 0.2) is 18.2 Å². The van der Waals surface area contributed by atoms with Crippen molar-refractivity contribution in [3.8, 4) is 0 Å². The molecule has 0 heterocycles. The number of carbonyl (C=O) groups is 2. The molecule has 0 unspecified atom stereocenters. The molecule has 0 aromatic heterocycles. The normalized spacial score (nSPS) is 8.42. The third-order valence-corrected chi connectivity index (χ3v) is 1.29. The number of carbonyl (C=O) groups excluding carboxylic acids is 2. The highest BCUT2D eigenvalue weighted by atomic mass is 19.1. The first-order valence-electron chi connectivity index (χ1n) is 2.98. The summed E-state index contributed by atoms with van der Waals surface area (Å²) in [6.45, 7) is 0. The van der Waals surface area contributed by atoms with Crippen LogP contribution in [0.4, 0.5) is 4.39 Å². The minimum Gasteiger partial charge on any atom is -0.412 e. The van der Waals surface area contributed by atoms with Gasteiger partial charge in [0.2, 0.25) is 0 Å². The van der Waals surface area contributed by atoms with E-state index in [1.807, 2.05) is 0 Å². The first-order chi connectivity index (χ1) is 5.27. The molecular weight excluding hydrogens is 163 g/mol. The van der Waals surface area contributed by atoms with Crippen molar-refractivity contribution in [2.75, 3.05) is 0 Å². The quantitative estimate of drug-likeness (QED) is 0.611. The average Bonchev–Trinajstić information content (AvgIpc) is 2.04. The lowest BCUT2D eigenvalue weighted by molar-refractivity contribution is 0.110. The van der Waals surface area contributed by atoms with E-state index in [0.717, 1.165) is 6.07 Å². The van der Waals surface area contributed by atoms with Gasteiger partial charge in [-0.25, -0.2) is 4.39 Å². The molecular formula is C8H7FO3. The van der Waals surface area contributed by atoms with Gasteiger partial charge in [0.05, 0.1) is 5.56 Å². The topological polar surface area (TPSA) is 65.6 Å². The van der Waals surface area contributed by atoms with Gasteiger partial charge in [0.15, 0.2) is 6.29 Å². The minimum atomic E-state index is -0.662. The number of rotatable bonds is 2. The van der Waals surface area contributed by atoms with E-state index in [9.17, 15) is 14.0 Å². The molecule has 0 aliphatic carbocycles. The highest BCUT2D eigenvalue weighted by molar-refractivity contribution is 5.79. The van der Waals surface area contributed by atoms with Gasteiger partial charge in [-0.1, -0.05) is 6.07 Å². The van der Waals surface area contributed by atoms with Crippen molar-refractivity contribution >= 4 is 12.6 Å². The molecule has 0 bridgehead atoms. The first kappa shape index (κ1) is 10.4. The zero-order chi connectivity index (χ0) is 8.27. The van der Waals surface area contributed by atoms with Crippen LogP contribution in [0.5, 0.6) is 0 Å². The highest BCUT2D eigenvalue weighted by Gasteiger charge is 2.00. The summed E-state index contributed by atoms with van der Waals surface area (Å²) in [5, 5.41) is 0. The monoisotopic (exact) mass is 170 g/mol. The maximum absolute atomic E-state index is 12.6. The molecule has 3 nitrogen and oxygen atoms in total. The molecule has 1 aromatic carbocycles. The largest absolute Gasteiger partial charge is 0.412 e. The number of aldehydes is 2. The molecule has 0 spiro atoms. The summed E-state index contributed by atoms with van der Waals surface area (Å²) in [4.78, 5) is 20.2. The minimum absolute atomic E-state index is 0. The van der Waals surface area contributed by atoms with Crippen LogP contribution in [-0.2, 0) is 0 Å². The standard InChI is InChI=1S/C8H5FO2.H2O/c9-8-3-6(4-10)1-2-7(8)5-11;/h1-5H;1H2. The molecule has 2 N–H and O–H groups in total. The smallest absolute Gasteiger partial charge is 0.152 e. The van der Waals surface area contributed by atoms with Gasteiger partial charge in [0, 0.05) is 5.56 Å². The van der Waals surface area contributed by atoms with Gasteiger partial charge in [-0.05, 0) is 12.1 Å². The Morgan fingerprint density at radius 2 is 1.83 bits per heavy atom. The Morgan fingerprint density at radius 1 is 1.17 bits per heavy atom. The van der Waals surface area contributed by atoms with Crippen LogP contribution >= 0.6 is 0 Å². The lowest BCUT2D eigenvalue weighted by atomic mass is 10.1. The predicted octanol–water partition coefficient (Wildman–Crippen LogP) is 0.626. The van der Waals surface area contributed by atoms with Crippen LogP contribution in [0.1, 0.15) is 20.7 Å². The van der Waals surface area contributed by atoms with E-state index in [0.29, 0.717) is 12.6 Å². The van der Waals surface area contributed by atoms with Gasteiger partial charge < -0.3 is 5.48 Å². The van der Waals surface area contributed by atoms with Crippen LogP contribution in [0.25, 0.3) is 0 Å². The van der Waals surface area contributed by atoms with E-state index in [1.165, 1.54) is 12.1 Å². The molecule has 12 heavy (non-hydrogen) atoms. The molecule has 64 valence electrons. The molecule has 1 aromatic rings. The van der Waals surface area contributed by atoms with Gasteiger partial charge in [0.25, 0.3) is 0 Å². The van der Waals surface area contributed by atoms with E-state index in [2.05, 4.69) is 0 Å². The maximum atomic E-state index is 12.6. The van der Waals surface area contributed by atoms with E-state index >= 15 is 0 Å². The molecule has 0 saturated carbocycles. The van der Waals surface area contributed by atoms with Gasteiger partial charge in [-0.2, -0.15) is 0 Å². The summed E-state index contributed by atoms with van der Waals surface area (Å²) >= 11 is 0. The lowest BCUT2D eigenvalue weighted by Crippen LogP contribution is -1.89. The molecule has 0 aliphatic heterocycles. The molecule has 0 atom stereocenters. The Bertz CT molecular complexity index is 296. The fourth-order valence-electron chi connectivity index (χ4n) is 0.712. The highest BCUT2D eigenvalue weighted by Crippen LogP contribution is 2.06. The van der Waals surface area contributed by atoms with Crippen molar-refractivity contribution in [1.29, 1.82) is 0 Å². The zero-order valence-corrected chi connectivity index (χ0v) is 6.08. The third kappa shape index (κ3) is 1.96. The van der Waals surface area contributed by atoms with Crippen LogP contribution in [0, 0.1) is 5.82 Å². The van der Waals surface area contributed by atoms with E-state index in [-0.39, 0.29) is 16.6 Å². The van der Waals surface area contributed by atoms with Crippen LogP contribution < -0.4 is 0 Å². The average molecular weight is 170 g/mol. The van der Waals surface area contributed by atoms with Crippen LogP contribution in [0.2, 0.25) is 0 Å². The Kier molecular flexibility index (Phi) is 3.79. The molecule has 0 aliphatic rings. The van der Waals surface area contributed by atoms with Crippen molar-refractivity contribution in [3.63, 3.8) is 0 Å². The summed E-state index contributed by atoms with van der Waals surface area (Å²) in [6, 6.07) is 3.68. The summed E-state index contributed by atoms with van der Waals surface area (Å²) in [6.07, 6.45) is 0.932. The van der Waals surface area contributed by atoms with Crippen molar-refractivity contribution in [2.45, 2.75) is 0 Å². The van der Waals surface area contributed by atoms with E-state index in [1.54, 1.807) is 0 Å². The van der Waals surface area contributed by atoms with Gasteiger partial charge in [-0.15, -0.1) is 0 Å². The summed E-state index contributed by atoms with van der Waals surface area (Å²) in [5.74, 6) is -0.662. The zero-order valence-electron chi connectivity index (χ0n) is 6.08. The summed E-state index contributed by atoms with van der Waals surface area (Å²) in [7, 11) is 0. The van der Waals surface area contributed by atoms with E-state index < -0.39 is 5.82 Å². The Labute approximate surface area is 68.1 Å². The maximum Gasteiger partial charge on any atom is 0.152 e. The van der Waals surface area contributed by atoms with Crippen LogP contribution in [0.3, 0.4) is 0 Å². The van der Waals surface area contributed by atoms with Crippen molar-refractivity contribution in [1.82, 2.24) is 0 Å². The number of benzene rings is 1. The SMILES string of the molecule is O.O=Cc1ccc(C=O)c(F)c1. The fraction of sp³-hybridized carbons (Fsp3) is 0. The molecule has 0 radical (unpaired) electrons. The second-order valence-electron chi connectivity index (χ2n) is 2.02. The molecule has 4 heteroatoms. The van der Waals surface area contributed by atoms with Gasteiger partial charge >= 0.3 is 0 Å². The Balaban J connectivity index is 0.00000121. The Morgan fingerprint density at radius 3 is 2.25 bits per heavy atom. The summed E-state index contributed by atoms with van der Waals surface area (Å²) in [5.41, 5.74) is 0.198.